The third-order valence-corrected chi connectivity index (χ3v) is 4.00. The molecule has 0 radical (unpaired) electrons. The molecular formula is C15H23Cl2N3O. The van der Waals surface area contributed by atoms with Gasteiger partial charge in [0.2, 0.25) is 0 Å². The van der Waals surface area contributed by atoms with Crippen LogP contribution in [-0.2, 0) is 6.54 Å². The minimum Gasteiger partial charge on any atom is -0.492 e. The van der Waals surface area contributed by atoms with Crippen LogP contribution < -0.4 is 15.4 Å². The van der Waals surface area contributed by atoms with Crippen LogP contribution >= 0.6 is 23.2 Å². The molecule has 2 rings (SSSR count). The molecule has 6 heteroatoms. The molecule has 1 heterocycles. The molecule has 1 aliphatic rings. The fraction of sp³-hybridized carbons (Fsp3) is 0.600. The summed E-state index contributed by atoms with van der Waals surface area (Å²) in [7, 11) is 0. The Morgan fingerprint density at radius 3 is 2.76 bits per heavy atom. The van der Waals surface area contributed by atoms with Gasteiger partial charge >= 0.3 is 0 Å². The van der Waals surface area contributed by atoms with Crippen LogP contribution in [0.1, 0.15) is 12.5 Å². The largest absolute Gasteiger partial charge is 0.492 e. The zero-order valence-corrected chi connectivity index (χ0v) is 13.9. The average Bonchev–Trinajstić information content (AvgIpc) is 2.48. The second-order valence-electron chi connectivity index (χ2n) is 5.08. The van der Waals surface area contributed by atoms with E-state index in [-0.39, 0.29) is 0 Å². The maximum atomic E-state index is 6.20. The number of benzene rings is 1. The van der Waals surface area contributed by atoms with Gasteiger partial charge in [-0.15, -0.1) is 0 Å². The highest BCUT2D eigenvalue weighted by atomic mass is 35.5. The summed E-state index contributed by atoms with van der Waals surface area (Å²) in [4.78, 5) is 2.46. The van der Waals surface area contributed by atoms with Gasteiger partial charge < -0.3 is 15.4 Å². The standard InChI is InChI=1S/C15H23Cl2N3O/c1-2-21-15-12(9-13(16)10-14(15)17)11-19-5-8-20-6-3-18-4-7-20/h9-10,18-19H,2-8,11H2,1H3. The van der Waals surface area contributed by atoms with Crippen LogP contribution in [0.2, 0.25) is 10.0 Å². The third-order valence-electron chi connectivity index (χ3n) is 3.50. The van der Waals surface area contributed by atoms with E-state index in [1.54, 1.807) is 6.07 Å². The quantitative estimate of drug-likeness (QED) is 0.752. The lowest BCUT2D eigenvalue weighted by atomic mass is 10.2. The number of hydrogen-bond acceptors (Lipinski definition) is 4. The Kier molecular flexibility index (Phi) is 7.07. The fourth-order valence-electron chi connectivity index (χ4n) is 2.45. The van der Waals surface area contributed by atoms with E-state index in [0.717, 1.165) is 50.6 Å². The Bertz CT molecular complexity index is 451. The fourth-order valence-corrected chi connectivity index (χ4v) is 3.04. The summed E-state index contributed by atoms with van der Waals surface area (Å²) in [6, 6.07) is 3.63. The highest BCUT2D eigenvalue weighted by Gasteiger charge is 2.11. The van der Waals surface area contributed by atoms with Crippen molar-refractivity contribution in [3.05, 3.63) is 27.7 Å². The lowest BCUT2D eigenvalue weighted by Gasteiger charge is -2.27. The minimum absolute atomic E-state index is 0.572. The van der Waals surface area contributed by atoms with Crippen molar-refractivity contribution >= 4 is 23.2 Å². The van der Waals surface area contributed by atoms with Crippen molar-refractivity contribution in [2.24, 2.45) is 0 Å². The van der Waals surface area contributed by atoms with Crippen molar-refractivity contribution in [2.75, 3.05) is 45.9 Å². The van der Waals surface area contributed by atoms with Gasteiger partial charge in [-0.3, -0.25) is 4.90 Å². The van der Waals surface area contributed by atoms with Crippen molar-refractivity contribution < 1.29 is 4.74 Å². The molecule has 0 aliphatic carbocycles. The van der Waals surface area contributed by atoms with Gasteiger partial charge in [-0.05, 0) is 19.1 Å². The SMILES string of the molecule is CCOc1c(Cl)cc(Cl)cc1CNCCN1CCNCC1. The topological polar surface area (TPSA) is 36.5 Å². The number of halogens is 2. The van der Waals surface area contributed by atoms with Gasteiger partial charge in [0.05, 0.1) is 11.6 Å². The Labute approximate surface area is 136 Å². The van der Waals surface area contributed by atoms with Crippen molar-refractivity contribution in [3.8, 4) is 5.75 Å². The van der Waals surface area contributed by atoms with Crippen LogP contribution in [-0.4, -0.2) is 50.8 Å². The molecule has 0 aromatic heterocycles. The van der Waals surface area contributed by atoms with Gasteiger partial charge in [0, 0.05) is 56.4 Å². The summed E-state index contributed by atoms with van der Waals surface area (Å²) in [5, 5.41) is 8.01. The number of nitrogens with one attached hydrogen (secondary N) is 2. The molecular weight excluding hydrogens is 309 g/mol. The Morgan fingerprint density at radius 2 is 2.05 bits per heavy atom. The summed E-state index contributed by atoms with van der Waals surface area (Å²) < 4.78 is 5.62. The van der Waals surface area contributed by atoms with Crippen LogP contribution in [0.5, 0.6) is 5.75 Å². The Balaban J connectivity index is 1.84. The molecule has 1 fully saturated rings. The molecule has 1 saturated heterocycles. The number of piperazine rings is 1. The van der Waals surface area contributed by atoms with E-state index in [4.69, 9.17) is 27.9 Å². The predicted octanol–water partition coefficient (Wildman–Crippen LogP) is 2.39. The molecule has 0 amide bonds. The van der Waals surface area contributed by atoms with Gasteiger partial charge in [-0.2, -0.15) is 0 Å². The van der Waals surface area contributed by atoms with Crippen LogP contribution in [0.3, 0.4) is 0 Å². The average molecular weight is 332 g/mol. The lowest BCUT2D eigenvalue weighted by Crippen LogP contribution is -2.45. The van der Waals surface area contributed by atoms with E-state index in [1.165, 1.54) is 0 Å². The molecule has 0 unspecified atom stereocenters. The molecule has 2 N–H and O–H groups in total. The van der Waals surface area contributed by atoms with Crippen molar-refractivity contribution in [1.29, 1.82) is 0 Å². The highest BCUT2D eigenvalue weighted by Crippen LogP contribution is 2.32. The van der Waals surface area contributed by atoms with Crippen molar-refractivity contribution in [1.82, 2.24) is 15.5 Å². The minimum atomic E-state index is 0.572. The molecule has 1 aliphatic heterocycles. The molecule has 0 bridgehead atoms. The molecule has 21 heavy (non-hydrogen) atoms. The number of hydrogen-bond donors (Lipinski definition) is 2. The zero-order chi connectivity index (χ0) is 15.1. The van der Waals surface area contributed by atoms with Crippen molar-refractivity contribution in [2.45, 2.75) is 13.5 Å². The first kappa shape index (κ1) is 16.8. The van der Waals surface area contributed by atoms with E-state index < -0.39 is 0 Å². The van der Waals surface area contributed by atoms with E-state index >= 15 is 0 Å². The molecule has 1 aromatic carbocycles. The first-order chi connectivity index (χ1) is 10.2. The Morgan fingerprint density at radius 1 is 1.29 bits per heavy atom. The van der Waals surface area contributed by atoms with Gasteiger partial charge in [0.1, 0.15) is 5.75 Å². The van der Waals surface area contributed by atoms with Gasteiger partial charge in [0.25, 0.3) is 0 Å². The zero-order valence-electron chi connectivity index (χ0n) is 12.4. The van der Waals surface area contributed by atoms with Crippen LogP contribution in [0.25, 0.3) is 0 Å². The lowest BCUT2D eigenvalue weighted by molar-refractivity contribution is 0.241. The van der Waals surface area contributed by atoms with Gasteiger partial charge in [-0.25, -0.2) is 0 Å². The maximum Gasteiger partial charge on any atom is 0.142 e. The second kappa shape index (κ2) is 8.81. The first-order valence-electron chi connectivity index (χ1n) is 7.45. The van der Waals surface area contributed by atoms with Gasteiger partial charge in [0.15, 0.2) is 0 Å². The van der Waals surface area contributed by atoms with E-state index in [1.807, 2.05) is 13.0 Å². The van der Waals surface area contributed by atoms with Crippen LogP contribution in [0, 0.1) is 0 Å². The summed E-state index contributed by atoms with van der Waals surface area (Å²) in [6.07, 6.45) is 0. The molecule has 4 nitrogen and oxygen atoms in total. The normalized spacial score (nSPS) is 16.1. The smallest absolute Gasteiger partial charge is 0.142 e. The second-order valence-corrected chi connectivity index (χ2v) is 5.92. The number of rotatable bonds is 7. The van der Waals surface area contributed by atoms with E-state index in [2.05, 4.69) is 15.5 Å². The molecule has 118 valence electrons. The predicted molar refractivity (Wildman–Crippen MR) is 88.6 cm³/mol. The summed E-state index contributed by atoms with van der Waals surface area (Å²) >= 11 is 12.3. The monoisotopic (exact) mass is 331 g/mol. The molecule has 0 spiro atoms. The summed E-state index contributed by atoms with van der Waals surface area (Å²) in [5.74, 6) is 0.734. The number of ether oxygens (including phenoxy) is 1. The first-order valence-corrected chi connectivity index (χ1v) is 8.20. The van der Waals surface area contributed by atoms with Crippen LogP contribution in [0.15, 0.2) is 12.1 Å². The van der Waals surface area contributed by atoms with E-state index in [0.29, 0.717) is 23.2 Å². The van der Waals surface area contributed by atoms with Crippen molar-refractivity contribution in [3.63, 3.8) is 0 Å². The molecule has 0 saturated carbocycles. The maximum absolute atomic E-state index is 6.20. The number of nitrogens with zero attached hydrogens (tertiary/aromatic N) is 1. The molecule has 1 aromatic rings. The van der Waals surface area contributed by atoms with Crippen LogP contribution in [0.4, 0.5) is 0 Å². The highest BCUT2D eigenvalue weighted by molar-refractivity contribution is 6.35. The van der Waals surface area contributed by atoms with E-state index in [9.17, 15) is 0 Å². The summed E-state index contributed by atoms with van der Waals surface area (Å²) in [5.41, 5.74) is 1.01. The van der Waals surface area contributed by atoms with Gasteiger partial charge in [-0.1, -0.05) is 23.2 Å². The Hall–Kier alpha value is -0.520. The summed E-state index contributed by atoms with van der Waals surface area (Å²) in [6.45, 7) is 9.65. The third kappa shape index (κ3) is 5.31. The molecule has 0 atom stereocenters.